The van der Waals surface area contributed by atoms with Crippen LogP contribution in [-0.4, -0.2) is 32.0 Å². The first-order chi connectivity index (χ1) is 11.6. The van der Waals surface area contributed by atoms with Crippen molar-refractivity contribution >= 4 is 11.8 Å². The summed E-state index contributed by atoms with van der Waals surface area (Å²) in [6.07, 6.45) is 0.673. The number of carbonyl (C=O) groups is 2. The van der Waals surface area contributed by atoms with E-state index in [-0.39, 0.29) is 11.8 Å². The standard InChI is InChI=1S/C19H22N2O3/c1-14(22)20-11-6-12-21-19(23)17-13-16(9-10-18(17)24-2)15-7-4-3-5-8-15/h3-5,7-10,13H,6,11-12H2,1-2H3,(H,20,22)(H,21,23). The molecule has 5 nitrogen and oxygen atoms in total. The third-order valence-electron chi connectivity index (χ3n) is 3.56. The zero-order chi connectivity index (χ0) is 17.4. The fourth-order valence-electron chi connectivity index (χ4n) is 2.35. The van der Waals surface area contributed by atoms with E-state index in [1.807, 2.05) is 42.5 Å². The van der Waals surface area contributed by atoms with Crippen molar-refractivity contribution in [1.29, 1.82) is 0 Å². The van der Waals surface area contributed by atoms with Gasteiger partial charge in [0.2, 0.25) is 5.91 Å². The molecule has 0 unspecified atom stereocenters. The Morgan fingerprint density at radius 2 is 1.67 bits per heavy atom. The lowest BCUT2D eigenvalue weighted by molar-refractivity contribution is -0.118. The lowest BCUT2D eigenvalue weighted by atomic mass is 10.0. The fraction of sp³-hybridized carbons (Fsp3) is 0.263. The van der Waals surface area contributed by atoms with Gasteiger partial charge in [0.05, 0.1) is 12.7 Å². The molecule has 0 heterocycles. The molecule has 2 N–H and O–H groups in total. The van der Waals surface area contributed by atoms with Gasteiger partial charge in [-0.3, -0.25) is 9.59 Å². The largest absolute Gasteiger partial charge is 0.496 e. The number of ether oxygens (including phenoxy) is 1. The van der Waals surface area contributed by atoms with Crippen LogP contribution in [0.2, 0.25) is 0 Å². The molecule has 0 saturated carbocycles. The van der Waals surface area contributed by atoms with Crippen LogP contribution in [0.1, 0.15) is 23.7 Å². The van der Waals surface area contributed by atoms with E-state index in [9.17, 15) is 9.59 Å². The molecular weight excluding hydrogens is 304 g/mol. The van der Waals surface area contributed by atoms with Gasteiger partial charge in [0.25, 0.3) is 5.91 Å². The molecule has 0 aromatic heterocycles. The van der Waals surface area contributed by atoms with Crippen molar-refractivity contribution in [2.45, 2.75) is 13.3 Å². The van der Waals surface area contributed by atoms with Gasteiger partial charge >= 0.3 is 0 Å². The Morgan fingerprint density at radius 1 is 0.958 bits per heavy atom. The van der Waals surface area contributed by atoms with Crippen molar-refractivity contribution in [2.75, 3.05) is 20.2 Å². The van der Waals surface area contributed by atoms with Gasteiger partial charge in [0.1, 0.15) is 5.75 Å². The van der Waals surface area contributed by atoms with Crippen molar-refractivity contribution in [3.05, 3.63) is 54.1 Å². The van der Waals surface area contributed by atoms with E-state index in [1.165, 1.54) is 6.92 Å². The quantitative estimate of drug-likeness (QED) is 0.769. The summed E-state index contributed by atoms with van der Waals surface area (Å²) in [6.45, 7) is 2.49. The van der Waals surface area contributed by atoms with E-state index in [0.29, 0.717) is 30.8 Å². The zero-order valence-electron chi connectivity index (χ0n) is 14.0. The molecule has 2 amide bonds. The minimum absolute atomic E-state index is 0.0708. The average molecular weight is 326 g/mol. The number of hydrogen-bond donors (Lipinski definition) is 2. The van der Waals surface area contributed by atoms with Crippen LogP contribution in [0.5, 0.6) is 5.75 Å². The van der Waals surface area contributed by atoms with Gasteiger partial charge in [-0.25, -0.2) is 0 Å². The Bertz CT molecular complexity index is 699. The van der Waals surface area contributed by atoms with Crippen LogP contribution < -0.4 is 15.4 Å². The highest BCUT2D eigenvalue weighted by molar-refractivity contribution is 5.98. The summed E-state index contributed by atoms with van der Waals surface area (Å²) in [6, 6.07) is 15.4. The van der Waals surface area contributed by atoms with Crippen LogP contribution in [-0.2, 0) is 4.79 Å². The summed E-state index contributed by atoms with van der Waals surface area (Å²) in [7, 11) is 1.55. The molecule has 2 aromatic carbocycles. The monoisotopic (exact) mass is 326 g/mol. The first kappa shape index (κ1) is 17.5. The molecule has 0 aliphatic rings. The number of nitrogens with one attached hydrogen (secondary N) is 2. The molecule has 0 fully saturated rings. The van der Waals surface area contributed by atoms with Gasteiger partial charge in [0.15, 0.2) is 0 Å². The summed E-state index contributed by atoms with van der Waals surface area (Å²) in [5.41, 5.74) is 2.50. The predicted molar refractivity (Wildman–Crippen MR) is 94.1 cm³/mol. The zero-order valence-corrected chi connectivity index (χ0v) is 14.0. The number of amides is 2. The maximum Gasteiger partial charge on any atom is 0.255 e. The fourth-order valence-corrected chi connectivity index (χ4v) is 2.35. The van der Waals surface area contributed by atoms with Gasteiger partial charge in [-0.05, 0) is 29.7 Å². The number of carbonyl (C=O) groups excluding carboxylic acids is 2. The number of hydrogen-bond acceptors (Lipinski definition) is 3. The molecule has 0 aliphatic heterocycles. The Labute approximate surface area is 142 Å². The first-order valence-electron chi connectivity index (χ1n) is 7.88. The smallest absolute Gasteiger partial charge is 0.255 e. The van der Waals surface area contributed by atoms with Crippen molar-refractivity contribution in [1.82, 2.24) is 10.6 Å². The topological polar surface area (TPSA) is 67.4 Å². The molecule has 24 heavy (non-hydrogen) atoms. The lowest BCUT2D eigenvalue weighted by Crippen LogP contribution is -2.29. The number of rotatable bonds is 7. The van der Waals surface area contributed by atoms with Crippen LogP contribution in [0.4, 0.5) is 0 Å². The van der Waals surface area contributed by atoms with E-state index in [4.69, 9.17) is 4.74 Å². The highest BCUT2D eigenvalue weighted by Crippen LogP contribution is 2.26. The van der Waals surface area contributed by atoms with Crippen LogP contribution in [0.3, 0.4) is 0 Å². The van der Waals surface area contributed by atoms with Gasteiger partial charge in [0, 0.05) is 20.0 Å². The summed E-state index contributed by atoms with van der Waals surface area (Å²) >= 11 is 0. The molecule has 0 saturated heterocycles. The third kappa shape index (κ3) is 4.84. The minimum Gasteiger partial charge on any atom is -0.496 e. The second-order valence-electron chi connectivity index (χ2n) is 5.37. The molecular formula is C19H22N2O3. The van der Waals surface area contributed by atoms with Gasteiger partial charge in [-0.15, -0.1) is 0 Å². The molecule has 0 atom stereocenters. The highest BCUT2D eigenvalue weighted by Gasteiger charge is 2.13. The molecule has 0 spiro atoms. The summed E-state index contributed by atoms with van der Waals surface area (Å²) in [5, 5.41) is 5.55. The van der Waals surface area contributed by atoms with Crippen molar-refractivity contribution in [3.63, 3.8) is 0 Å². The molecule has 2 aromatic rings. The Balaban J connectivity index is 2.07. The number of methoxy groups -OCH3 is 1. The molecule has 5 heteroatoms. The van der Waals surface area contributed by atoms with Crippen LogP contribution in [0.25, 0.3) is 11.1 Å². The first-order valence-corrected chi connectivity index (χ1v) is 7.88. The van der Waals surface area contributed by atoms with Crippen LogP contribution >= 0.6 is 0 Å². The van der Waals surface area contributed by atoms with Gasteiger partial charge in [-0.1, -0.05) is 36.4 Å². The molecule has 0 bridgehead atoms. The highest BCUT2D eigenvalue weighted by atomic mass is 16.5. The van der Waals surface area contributed by atoms with E-state index in [1.54, 1.807) is 13.2 Å². The molecule has 126 valence electrons. The van der Waals surface area contributed by atoms with Gasteiger partial charge < -0.3 is 15.4 Å². The molecule has 0 aliphatic carbocycles. The van der Waals surface area contributed by atoms with Crippen molar-refractivity contribution in [2.24, 2.45) is 0 Å². The maximum atomic E-state index is 12.4. The Morgan fingerprint density at radius 3 is 2.33 bits per heavy atom. The molecule has 2 rings (SSSR count). The SMILES string of the molecule is COc1ccc(-c2ccccc2)cc1C(=O)NCCCNC(C)=O. The normalized spacial score (nSPS) is 10.1. The van der Waals surface area contributed by atoms with Crippen LogP contribution in [0.15, 0.2) is 48.5 Å². The molecule has 0 radical (unpaired) electrons. The summed E-state index contributed by atoms with van der Waals surface area (Å²) < 4.78 is 5.30. The summed E-state index contributed by atoms with van der Waals surface area (Å²) in [5.74, 6) is 0.278. The van der Waals surface area contributed by atoms with Crippen molar-refractivity contribution in [3.8, 4) is 16.9 Å². The Hall–Kier alpha value is -2.82. The summed E-state index contributed by atoms with van der Waals surface area (Å²) in [4.78, 5) is 23.2. The second kappa shape index (κ2) is 8.72. The minimum atomic E-state index is -0.188. The van der Waals surface area contributed by atoms with E-state index < -0.39 is 0 Å². The Kier molecular flexibility index (Phi) is 6.37. The van der Waals surface area contributed by atoms with E-state index >= 15 is 0 Å². The van der Waals surface area contributed by atoms with E-state index in [2.05, 4.69) is 10.6 Å². The second-order valence-corrected chi connectivity index (χ2v) is 5.37. The van der Waals surface area contributed by atoms with Gasteiger partial charge in [-0.2, -0.15) is 0 Å². The van der Waals surface area contributed by atoms with Crippen LogP contribution in [0, 0.1) is 0 Å². The third-order valence-corrected chi connectivity index (χ3v) is 3.56. The average Bonchev–Trinajstić information content (AvgIpc) is 2.61. The van der Waals surface area contributed by atoms with E-state index in [0.717, 1.165) is 11.1 Å². The van der Waals surface area contributed by atoms with Crippen molar-refractivity contribution < 1.29 is 14.3 Å². The maximum absolute atomic E-state index is 12.4. The predicted octanol–water partition coefficient (Wildman–Crippen LogP) is 2.62. The lowest BCUT2D eigenvalue weighted by Gasteiger charge is -2.11. The number of benzene rings is 2.